The van der Waals surface area contributed by atoms with Crippen molar-refractivity contribution in [2.24, 2.45) is 10.9 Å². The first kappa shape index (κ1) is 32.6. The minimum atomic E-state index is -5.17. The molecule has 2 aromatic rings. The van der Waals surface area contributed by atoms with Crippen molar-refractivity contribution in [3.05, 3.63) is 22.3 Å². The number of nitrogens with one attached hydrogen (secondary N) is 2. The summed E-state index contributed by atoms with van der Waals surface area (Å²) in [6.45, 7) is -0.239. The molecule has 0 radical (unpaired) electrons. The van der Waals surface area contributed by atoms with E-state index in [-0.39, 0.29) is 34.6 Å². The summed E-state index contributed by atoms with van der Waals surface area (Å²) in [4.78, 5) is 69.8. The van der Waals surface area contributed by atoms with Crippen molar-refractivity contribution in [1.82, 2.24) is 35.4 Å². The maximum atomic E-state index is 13.0. The fourth-order valence-corrected chi connectivity index (χ4v) is 6.80. The fourth-order valence-electron chi connectivity index (χ4n) is 3.74. The van der Waals surface area contributed by atoms with Crippen LogP contribution in [0.5, 0.6) is 0 Å². The van der Waals surface area contributed by atoms with E-state index in [0.717, 1.165) is 45.6 Å². The van der Waals surface area contributed by atoms with E-state index in [2.05, 4.69) is 35.8 Å². The average molecular weight is 681 g/mol. The number of halogens is 3. The van der Waals surface area contributed by atoms with Crippen LogP contribution in [0.2, 0.25) is 0 Å². The standard InChI is InChI=1S/C20H19F3N10O8S3/c1-41-29-9(8-5-43-18(25-8)27-17(40)20(21,22)23)12(34)26-10-13(35)33-11(16(38)39)6(3-42-14(10)33)4-44-19-28-30-31-32(19)2-7(24)15(36)37/h5,7,10,14H,2-4,24H2,1H3,(H,26,34)(H,36,37)(H,38,39)(H,25,27,40)/t7?,10?,14-/m0/s1. The van der Waals surface area contributed by atoms with Gasteiger partial charge in [-0.25, -0.2) is 14.5 Å². The summed E-state index contributed by atoms with van der Waals surface area (Å²) in [5, 5.41) is 37.3. The Kier molecular flexibility index (Phi) is 9.75. The Morgan fingerprint density at radius 3 is 2.68 bits per heavy atom. The number of carboxylic acid groups (broad SMARTS) is 2. The molecule has 2 unspecified atom stereocenters. The van der Waals surface area contributed by atoms with Crippen molar-refractivity contribution in [3.63, 3.8) is 0 Å². The predicted molar refractivity (Wildman–Crippen MR) is 144 cm³/mol. The van der Waals surface area contributed by atoms with Crippen molar-refractivity contribution in [2.45, 2.75) is 35.3 Å². The molecule has 0 aliphatic carbocycles. The second-order valence-corrected chi connectivity index (χ2v) is 11.5. The smallest absolute Gasteiger partial charge is 0.471 e. The second-order valence-electron chi connectivity index (χ2n) is 8.61. The van der Waals surface area contributed by atoms with Gasteiger partial charge in [0.2, 0.25) is 5.16 Å². The van der Waals surface area contributed by atoms with Gasteiger partial charge in [0.05, 0.1) is 6.54 Å². The molecular formula is C20H19F3N10O8S3. The average Bonchev–Trinajstić information content (AvgIpc) is 3.61. The molecule has 44 heavy (non-hydrogen) atoms. The number of oxime groups is 1. The Bertz CT molecular complexity index is 1560. The van der Waals surface area contributed by atoms with Crippen LogP contribution in [0.15, 0.2) is 27.0 Å². The Morgan fingerprint density at radius 2 is 2.05 bits per heavy atom. The molecule has 3 atom stereocenters. The number of anilines is 1. The normalized spacial score (nSPS) is 19.2. The first-order chi connectivity index (χ1) is 20.7. The summed E-state index contributed by atoms with van der Waals surface area (Å²) in [6, 6.07) is -2.49. The molecule has 2 aromatic heterocycles. The molecule has 1 saturated heterocycles. The van der Waals surface area contributed by atoms with Crippen LogP contribution >= 0.6 is 34.9 Å². The molecule has 1 fully saturated rings. The minimum absolute atomic E-state index is 0.0204. The van der Waals surface area contributed by atoms with Gasteiger partial charge in [-0.3, -0.25) is 29.4 Å². The van der Waals surface area contributed by atoms with E-state index < -0.39 is 64.1 Å². The highest BCUT2D eigenvalue weighted by atomic mass is 32.2. The summed E-state index contributed by atoms with van der Waals surface area (Å²) in [6.07, 6.45) is -5.17. The van der Waals surface area contributed by atoms with E-state index in [1.54, 1.807) is 5.32 Å². The number of carbonyl (C=O) groups is 5. The highest BCUT2D eigenvalue weighted by molar-refractivity contribution is 8.01. The summed E-state index contributed by atoms with van der Waals surface area (Å²) >= 11 is 2.72. The van der Waals surface area contributed by atoms with Gasteiger partial charge in [-0.15, -0.1) is 28.2 Å². The van der Waals surface area contributed by atoms with Crippen LogP contribution in [0.1, 0.15) is 5.69 Å². The monoisotopic (exact) mass is 680 g/mol. The Labute approximate surface area is 255 Å². The van der Waals surface area contributed by atoms with Crippen molar-refractivity contribution < 1.29 is 52.2 Å². The number of fused-ring (bicyclic) bond motifs is 1. The molecule has 18 nitrogen and oxygen atoms in total. The highest BCUT2D eigenvalue weighted by Gasteiger charge is 2.54. The molecular weight excluding hydrogens is 661 g/mol. The Balaban J connectivity index is 1.45. The molecule has 4 rings (SSSR count). The van der Waals surface area contributed by atoms with Crippen LogP contribution in [-0.2, 0) is 35.4 Å². The third-order valence-electron chi connectivity index (χ3n) is 5.72. The van der Waals surface area contributed by atoms with Crippen LogP contribution in [-0.4, -0.2) is 118 Å². The van der Waals surface area contributed by atoms with Crippen LogP contribution < -0.4 is 16.4 Å². The van der Waals surface area contributed by atoms with E-state index in [4.69, 9.17) is 10.8 Å². The molecule has 4 heterocycles. The number of carboxylic acids is 2. The van der Waals surface area contributed by atoms with Crippen molar-refractivity contribution >= 4 is 75.4 Å². The molecule has 0 saturated carbocycles. The number of aromatic nitrogens is 5. The molecule has 236 valence electrons. The number of β-lactam (4-membered cyclic amide) rings is 1. The molecule has 0 bridgehead atoms. The zero-order chi connectivity index (χ0) is 32.3. The van der Waals surface area contributed by atoms with Crippen LogP contribution in [0.25, 0.3) is 0 Å². The third-order valence-corrected chi connectivity index (χ3v) is 8.86. The van der Waals surface area contributed by atoms with Gasteiger partial charge in [-0.2, -0.15) is 13.2 Å². The lowest BCUT2D eigenvalue weighted by Gasteiger charge is -2.49. The number of alkyl halides is 3. The Morgan fingerprint density at radius 1 is 1.32 bits per heavy atom. The van der Waals surface area contributed by atoms with Gasteiger partial charge in [0, 0.05) is 16.9 Å². The van der Waals surface area contributed by atoms with Gasteiger partial charge in [0.25, 0.3) is 11.8 Å². The van der Waals surface area contributed by atoms with Gasteiger partial charge in [0.1, 0.15) is 36.0 Å². The van der Waals surface area contributed by atoms with Gasteiger partial charge in [-0.1, -0.05) is 16.9 Å². The minimum Gasteiger partial charge on any atom is -0.480 e. The van der Waals surface area contributed by atoms with Crippen molar-refractivity contribution in [1.29, 1.82) is 0 Å². The number of nitrogens with two attached hydrogens (primary N) is 1. The van der Waals surface area contributed by atoms with Gasteiger partial charge in [-0.05, 0) is 16.0 Å². The first-order valence-corrected chi connectivity index (χ1v) is 14.7. The van der Waals surface area contributed by atoms with Crippen molar-refractivity contribution in [3.8, 4) is 0 Å². The van der Waals surface area contributed by atoms with Crippen LogP contribution in [0.3, 0.4) is 0 Å². The zero-order valence-electron chi connectivity index (χ0n) is 21.8. The van der Waals surface area contributed by atoms with E-state index >= 15 is 0 Å². The number of amides is 3. The third kappa shape index (κ3) is 6.92. The lowest BCUT2D eigenvalue weighted by atomic mass is 10.0. The van der Waals surface area contributed by atoms with E-state index in [1.165, 1.54) is 0 Å². The van der Waals surface area contributed by atoms with Crippen LogP contribution in [0, 0.1) is 0 Å². The molecule has 6 N–H and O–H groups in total. The molecule has 0 aromatic carbocycles. The topological polar surface area (TPSA) is 257 Å². The lowest BCUT2D eigenvalue weighted by molar-refractivity contribution is -0.167. The van der Waals surface area contributed by atoms with E-state index in [1.807, 2.05) is 0 Å². The number of hydrogen-bond donors (Lipinski definition) is 5. The lowest BCUT2D eigenvalue weighted by Crippen LogP contribution is -2.71. The van der Waals surface area contributed by atoms with Crippen LogP contribution in [0.4, 0.5) is 18.3 Å². The number of carbonyl (C=O) groups excluding carboxylic acids is 3. The van der Waals surface area contributed by atoms with Gasteiger partial charge in [0.15, 0.2) is 10.8 Å². The zero-order valence-corrected chi connectivity index (χ0v) is 24.3. The number of aliphatic carboxylic acids is 2. The van der Waals surface area contributed by atoms with Gasteiger partial charge >= 0.3 is 24.0 Å². The Hall–Kier alpha value is -4.29. The first-order valence-electron chi connectivity index (χ1n) is 11.8. The van der Waals surface area contributed by atoms with Gasteiger partial charge < -0.3 is 26.1 Å². The summed E-state index contributed by atoms with van der Waals surface area (Å²) in [7, 11) is 1.09. The molecule has 2 aliphatic rings. The maximum absolute atomic E-state index is 13.0. The molecule has 24 heteroatoms. The number of hydrogen-bond acceptors (Lipinski definition) is 15. The van der Waals surface area contributed by atoms with Crippen molar-refractivity contribution in [2.75, 3.05) is 23.9 Å². The number of rotatable bonds is 12. The van der Waals surface area contributed by atoms with E-state index in [9.17, 15) is 42.3 Å². The molecule has 3 amide bonds. The molecule has 0 spiro atoms. The maximum Gasteiger partial charge on any atom is 0.471 e. The molecule has 2 aliphatic heterocycles. The predicted octanol–water partition coefficient (Wildman–Crippen LogP) is -1.08. The number of thioether (sulfide) groups is 2. The number of nitrogens with zero attached hydrogens (tertiary/aromatic N) is 7. The quantitative estimate of drug-likeness (QED) is 0.0773. The fraction of sp³-hybridized carbons (Fsp3) is 0.400. The number of tetrazole rings is 1. The summed E-state index contributed by atoms with van der Waals surface area (Å²) in [5.41, 5.74) is 4.76. The second kappa shape index (κ2) is 13.1. The van der Waals surface area contributed by atoms with E-state index in [0.29, 0.717) is 16.9 Å². The summed E-state index contributed by atoms with van der Waals surface area (Å²) in [5.74, 6) is -6.58. The highest BCUT2D eigenvalue weighted by Crippen LogP contribution is 2.41. The number of thiazole rings is 1. The largest absolute Gasteiger partial charge is 0.480 e. The SMILES string of the molecule is CON=C(C(=O)NC1C(=O)N2C(C(=O)O)=C(CSc3nnnn3CC(N)C(=O)O)CS[C@@H]12)c1csc(NC(=O)C(F)(F)F)n1. The summed E-state index contributed by atoms with van der Waals surface area (Å²) < 4.78 is 38.8.